The van der Waals surface area contributed by atoms with Crippen molar-refractivity contribution in [3.05, 3.63) is 12.7 Å². The minimum atomic E-state index is -1.96. The molecule has 102 valence electrons. The predicted molar refractivity (Wildman–Crippen MR) is 64.9 cm³/mol. The molecule has 2 aromatic rings. The van der Waals surface area contributed by atoms with E-state index in [1.165, 1.54) is 24.1 Å². The van der Waals surface area contributed by atoms with Crippen molar-refractivity contribution < 1.29 is 14.6 Å². The summed E-state index contributed by atoms with van der Waals surface area (Å²) in [5.41, 5.74) is 2.79. The van der Waals surface area contributed by atoms with Crippen LogP contribution in [0, 0.1) is 0 Å². The molecule has 0 spiro atoms. The number of imidazole rings is 1. The smallest absolute Gasteiger partial charge is 0.165 e. The average Bonchev–Trinajstić information content (AvgIpc) is 2.80. The lowest BCUT2D eigenvalue weighted by molar-refractivity contribution is -0.221. The molecule has 0 bridgehead atoms. The maximum atomic E-state index is 14.6. The van der Waals surface area contributed by atoms with Gasteiger partial charge in [0, 0.05) is 6.42 Å². The predicted octanol–water partition coefficient (Wildman–Crippen LogP) is -0.195. The van der Waals surface area contributed by atoms with Crippen molar-refractivity contribution in [1.82, 2.24) is 19.5 Å². The highest BCUT2D eigenvalue weighted by Gasteiger charge is 2.64. The second kappa shape index (κ2) is 3.61. The van der Waals surface area contributed by atoms with Crippen LogP contribution in [0.1, 0.15) is 19.4 Å². The lowest BCUT2D eigenvalue weighted by Gasteiger charge is -2.54. The van der Waals surface area contributed by atoms with Crippen LogP contribution in [-0.4, -0.2) is 47.6 Å². The number of rotatable bonds is 2. The molecule has 0 unspecified atom stereocenters. The second-order valence-corrected chi connectivity index (χ2v) is 5.07. The lowest BCUT2D eigenvalue weighted by Crippen LogP contribution is -2.67. The van der Waals surface area contributed by atoms with E-state index in [9.17, 15) is 9.50 Å². The third kappa shape index (κ3) is 1.41. The van der Waals surface area contributed by atoms with Crippen molar-refractivity contribution in [3.63, 3.8) is 0 Å². The first-order valence-electron chi connectivity index (χ1n) is 5.86. The number of halogens is 1. The Balaban J connectivity index is 2.06. The molecule has 3 atom stereocenters. The minimum absolute atomic E-state index is 0.0892. The van der Waals surface area contributed by atoms with Gasteiger partial charge in [0.2, 0.25) is 0 Å². The Hall–Kier alpha value is -1.80. The van der Waals surface area contributed by atoms with Crippen LogP contribution in [0.4, 0.5) is 10.2 Å². The summed E-state index contributed by atoms with van der Waals surface area (Å²) in [6, 6.07) is -0.649. The standard InChI is InChI=1S/C11H14FN5O2/c1-10(12)6(2-11(10,19)3-18)17-5-16-7-8(13)14-4-15-9(7)17/h4-6,18-19H,2-3H2,1H3,(H2,13,14,15)/t6-,10-,11+/m1/s1. The number of aliphatic hydroxyl groups excluding tert-OH is 1. The number of alkyl halides is 1. The topological polar surface area (TPSA) is 110 Å². The van der Waals surface area contributed by atoms with Crippen LogP contribution in [0.5, 0.6) is 0 Å². The lowest BCUT2D eigenvalue weighted by atomic mass is 9.64. The van der Waals surface area contributed by atoms with Crippen molar-refractivity contribution >= 4 is 17.0 Å². The van der Waals surface area contributed by atoms with Crippen molar-refractivity contribution in [2.24, 2.45) is 0 Å². The zero-order valence-corrected chi connectivity index (χ0v) is 10.3. The number of aromatic nitrogens is 4. The van der Waals surface area contributed by atoms with E-state index in [2.05, 4.69) is 15.0 Å². The van der Waals surface area contributed by atoms with Gasteiger partial charge in [0.05, 0.1) is 19.0 Å². The summed E-state index contributed by atoms with van der Waals surface area (Å²) in [4.78, 5) is 11.9. The Kier molecular flexibility index (Phi) is 2.33. The molecule has 1 fully saturated rings. The summed E-state index contributed by atoms with van der Waals surface area (Å²) < 4.78 is 16.1. The number of nitrogens with two attached hydrogens (primary N) is 1. The van der Waals surface area contributed by atoms with Gasteiger partial charge in [-0.05, 0) is 6.92 Å². The summed E-state index contributed by atoms with van der Waals surface area (Å²) in [6.45, 7) is 0.633. The Morgan fingerprint density at radius 2 is 2.26 bits per heavy atom. The molecule has 19 heavy (non-hydrogen) atoms. The molecule has 2 heterocycles. The molecule has 1 aliphatic rings. The van der Waals surface area contributed by atoms with E-state index in [-0.39, 0.29) is 12.2 Å². The van der Waals surface area contributed by atoms with Crippen LogP contribution >= 0.6 is 0 Å². The first kappa shape index (κ1) is 12.2. The third-order valence-corrected chi connectivity index (χ3v) is 4.05. The largest absolute Gasteiger partial charge is 0.393 e. The van der Waals surface area contributed by atoms with Gasteiger partial charge >= 0.3 is 0 Å². The van der Waals surface area contributed by atoms with Crippen molar-refractivity contribution in [1.29, 1.82) is 0 Å². The van der Waals surface area contributed by atoms with E-state index in [1.54, 1.807) is 0 Å². The van der Waals surface area contributed by atoms with Crippen LogP contribution in [0.15, 0.2) is 12.7 Å². The monoisotopic (exact) mass is 267 g/mol. The number of hydrogen-bond acceptors (Lipinski definition) is 6. The van der Waals surface area contributed by atoms with Crippen LogP contribution < -0.4 is 5.73 Å². The summed E-state index contributed by atoms with van der Waals surface area (Å²) >= 11 is 0. The van der Waals surface area contributed by atoms with E-state index in [0.29, 0.717) is 11.2 Å². The highest BCUT2D eigenvalue weighted by Crippen LogP contribution is 2.53. The van der Waals surface area contributed by atoms with Crippen LogP contribution in [0.2, 0.25) is 0 Å². The fourth-order valence-corrected chi connectivity index (χ4v) is 2.57. The van der Waals surface area contributed by atoms with E-state index < -0.39 is 23.9 Å². The minimum Gasteiger partial charge on any atom is -0.393 e. The van der Waals surface area contributed by atoms with Gasteiger partial charge in [0.25, 0.3) is 0 Å². The van der Waals surface area contributed by atoms with Crippen molar-refractivity contribution in [2.75, 3.05) is 12.3 Å². The highest BCUT2D eigenvalue weighted by molar-refractivity contribution is 5.81. The fourth-order valence-electron chi connectivity index (χ4n) is 2.57. The molecule has 1 aliphatic carbocycles. The summed E-state index contributed by atoms with van der Waals surface area (Å²) in [5.74, 6) is 0.223. The highest BCUT2D eigenvalue weighted by atomic mass is 19.1. The van der Waals surface area contributed by atoms with Crippen molar-refractivity contribution in [3.8, 4) is 0 Å². The number of nitrogen functional groups attached to an aromatic ring is 1. The number of nitrogens with zero attached hydrogens (tertiary/aromatic N) is 4. The number of hydrogen-bond donors (Lipinski definition) is 3. The zero-order valence-electron chi connectivity index (χ0n) is 10.3. The molecular formula is C11H14FN5O2. The molecule has 3 rings (SSSR count). The molecule has 8 heteroatoms. The Bertz CT molecular complexity index is 643. The third-order valence-electron chi connectivity index (χ3n) is 4.05. The van der Waals surface area contributed by atoms with Gasteiger partial charge < -0.3 is 20.5 Å². The summed E-state index contributed by atoms with van der Waals surface area (Å²) in [7, 11) is 0. The van der Waals surface area contributed by atoms with Gasteiger partial charge in [-0.25, -0.2) is 19.3 Å². The molecule has 1 saturated carbocycles. The fraction of sp³-hybridized carbons (Fsp3) is 0.545. The summed E-state index contributed by atoms with van der Waals surface area (Å²) in [6.07, 6.45) is 2.79. The average molecular weight is 267 g/mol. The van der Waals surface area contributed by atoms with E-state index in [4.69, 9.17) is 10.8 Å². The molecule has 0 radical (unpaired) electrons. The molecule has 0 saturated heterocycles. The number of aliphatic hydroxyl groups is 2. The van der Waals surface area contributed by atoms with Gasteiger partial charge in [-0.3, -0.25) is 0 Å². The van der Waals surface area contributed by atoms with Gasteiger partial charge in [0.15, 0.2) is 17.1 Å². The molecule has 4 N–H and O–H groups in total. The first-order valence-corrected chi connectivity index (χ1v) is 5.86. The number of anilines is 1. The van der Waals surface area contributed by atoms with Gasteiger partial charge in [-0.15, -0.1) is 0 Å². The Labute approximate surface area is 107 Å². The molecule has 0 amide bonds. The van der Waals surface area contributed by atoms with E-state index >= 15 is 0 Å². The van der Waals surface area contributed by atoms with Crippen LogP contribution in [0.3, 0.4) is 0 Å². The second-order valence-electron chi connectivity index (χ2n) is 5.07. The molecule has 0 aliphatic heterocycles. The van der Waals surface area contributed by atoms with Gasteiger partial charge in [-0.1, -0.05) is 0 Å². The van der Waals surface area contributed by atoms with Crippen LogP contribution in [-0.2, 0) is 0 Å². The van der Waals surface area contributed by atoms with E-state index in [0.717, 1.165) is 0 Å². The number of fused-ring (bicyclic) bond motifs is 1. The van der Waals surface area contributed by atoms with Crippen molar-refractivity contribution in [2.45, 2.75) is 30.7 Å². The Morgan fingerprint density at radius 1 is 1.53 bits per heavy atom. The Morgan fingerprint density at radius 3 is 2.89 bits per heavy atom. The molecular weight excluding hydrogens is 253 g/mol. The van der Waals surface area contributed by atoms with Crippen LogP contribution in [0.25, 0.3) is 11.2 Å². The SMILES string of the molecule is C[C@@]1(F)[C@H](n2cnc3c(N)ncnc32)C[C@]1(O)CO. The maximum Gasteiger partial charge on any atom is 0.165 e. The first-order chi connectivity index (χ1) is 8.90. The molecule has 7 nitrogen and oxygen atoms in total. The molecule has 0 aromatic carbocycles. The summed E-state index contributed by atoms with van der Waals surface area (Å²) in [5, 5.41) is 19.0. The quantitative estimate of drug-likeness (QED) is 0.695. The zero-order chi connectivity index (χ0) is 13.8. The molecule has 2 aromatic heterocycles. The maximum absolute atomic E-state index is 14.6. The van der Waals surface area contributed by atoms with Gasteiger partial charge in [-0.2, -0.15) is 0 Å². The normalized spacial score (nSPS) is 34.4. The van der Waals surface area contributed by atoms with E-state index in [1.807, 2.05) is 0 Å². The van der Waals surface area contributed by atoms with Gasteiger partial charge in [0.1, 0.15) is 17.4 Å².